The molecule has 118 valence electrons. The smallest absolute Gasteiger partial charge is 0.253 e. The van der Waals surface area contributed by atoms with Gasteiger partial charge in [-0.2, -0.15) is 0 Å². The predicted octanol–water partition coefficient (Wildman–Crippen LogP) is 2.38. The fourth-order valence-electron chi connectivity index (χ4n) is 2.29. The van der Waals surface area contributed by atoms with Crippen molar-refractivity contribution in [3.8, 4) is 0 Å². The van der Waals surface area contributed by atoms with E-state index in [2.05, 4.69) is 20.3 Å². The number of amides is 1. The molecule has 0 unspecified atom stereocenters. The number of carbonyl (C=O) groups is 1. The predicted molar refractivity (Wildman–Crippen MR) is 87.4 cm³/mol. The number of aromatic nitrogens is 3. The lowest BCUT2D eigenvalue weighted by atomic mass is 10.1. The largest absolute Gasteiger partial charge is 0.387 e. The molecule has 1 amide bonds. The van der Waals surface area contributed by atoms with Crippen molar-refractivity contribution in [1.82, 2.24) is 20.3 Å². The van der Waals surface area contributed by atoms with E-state index in [1.54, 1.807) is 30.3 Å². The molecular formula is C16H15ClN4O2. The molecule has 0 spiro atoms. The molecule has 2 aromatic heterocycles. The lowest BCUT2D eigenvalue weighted by molar-refractivity contribution is 0.0916. The van der Waals surface area contributed by atoms with Gasteiger partial charge in [-0.25, -0.2) is 9.97 Å². The van der Waals surface area contributed by atoms with Crippen LogP contribution in [0.15, 0.2) is 36.5 Å². The highest BCUT2D eigenvalue weighted by Crippen LogP contribution is 2.22. The third-order valence-electron chi connectivity index (χ3n) is 3.44. The average molecular weight is 331 g/mol. The van der Waals surface area contributed by atoms with E-state index < -0.39 is 6.10 Å². The number of aliphatic hydroxyl groups is 1. The Balaban J connectivity index is 1.69. The van der Waals surface area contributed by atoms with Crippen molar-refractivity contribution in [3.05, 3.63) is 58.5 Å². The van der Waals surface area contributed by atoms with Crippen LogP contribution in [0.1, 0.15) is 27.8 Å². The summed E-state index contributed by atoms with van der Waals surface area (Å²) in [5.74, 6) is 0.414. The van der Waals surface area contributed by atoms with E-state index in [-0.39, 0.29) is 12.5 Å². The fraction of sp³-hybridized carbons (Fsp3) is 0.188. The summed E-state index contributed by atoms with van der Waals surface area (Å²) in [6.45, 7) is 1.88. The molecule has 6 nitrogen and oxygen atoms in total. The van der Waals surface area contributed by atoms with Crippen molar-refractivity contribution in [2.75, 3.05) is 6.54 Å². The van der Waals surface area contributed by atoms with Gasteiger partial charge in [-0.05, 0) is 19.1 Å². The molecule has 0 bridgehead atoms. The summed E-state index contributed by atoms with van der Waals surface area (Å²) < 4.78 is 0. The number of rotatable bonds is 4. The third kappa shape index (κ3) is 3.33. The second-order valence-corrected chi connectivity index (χ2v) is 5.57. The van der Waals surface area contributed by atoms with Crippen LogP contribution in [0.25, 0.3) is 11.2 Å². The van der Waals surface area contributed by atoms with E-state index in [9.17, 15) is 9.90 Å². The summed E-state index contributed by atoms with van der Waals surface area (Å²) in [5, 5.41) is 13.3. The number of benzene rings is 1. The van der Waals surface area contributed by atoms with Crippen LogP contribution in [-0.2, 0) is 0 Å². The van der Waals surface area contributed by atoms with Crippen molar-refractivity contribution in [2.24, 2.45) is 0 Å². The Bertz CT molecular complexity index is 862. The first-order valence-corrected chi connectivity index (χ1v) is 7.45. The van der Waals surface area contributed by atoms with Crippen LogP contribution in [0, 0.1) is 6.92 Å². The Morgan fingerprint density at radius 3 is 3.00 bits per heavy atom. The zero-order valence-corrected chi connectivity index (χ0v) is 13.1. The summed E-state index contributed by atoms with van der Waals surface area (Å²) in [5.41, 5.74) is 2.23. The van der Waals surface area contributed by atoms with Crippen LogP contribution in [0.4, 0.5) is 0 Å². The third-order valence-corrected chi connectivity index (χ3v) is 3.78. The van der Waals surface area contributed by atoms with E-state index in [0.717, 1.165) is 5.82 Å². The Kier molecular flexibility index (Phi) is 4.27. The van der Waals surface area contributed by atoms with Crippen molar-refractivity contribution in [2.45, 2.75) is 13.0 Å². The Hall–Kier alpha value is -2.44. The first-order valence-electron chi connectivity index (χ1n) is 7.07. The topological polar surface area (TPSA) is 90.9 Å². The number of fused-ring (bicyclic) bond motifs is 1. The number of aromatic amines is 1. The van der Waals surface area contributed by atoms with Gasteiger partial charge < -0.3 is 15.4 Å². The quantitative estimate of drug-likeness (QED) is 0.685. The van der Waals surface area contributed by atoms with Gasteiger partial charge in [-0.15, -0.1) is 0 Å². The fourth-order valence-corrected chi connectivity index (χ4v) is 2.55. The number of nitrogens with zero attached hydrogens (tertiary/aromatic N) is 2. The second-order valence-electron chi connectivity index (χ2n) is 5.16. The summed E-state index contributed by atoms with van der Waals surface area (Å²) in [4.78, 5) is 23.5. The van der Waals surface area contributed by atoms with Crippen LogP contribution >= 0.6 is 11.6 Å². The van der Waals surface area contributed by atoms with Crippen molar-refractivity contribution < 1.29 is 9.90 Å². The molecule has 0 saturated heterocycles. The maximum atomic E-state index is 12.2. The second kappa shape index (κ2) is 6.36. The lowest BCUT2D eigenvalue weighted by Gasteiger charge is -2.13. The number of hydrogen-bond acceptors (Lipinski definition) is 4. The number of hydrogen-bond donors (Lipinski definition) is 3. The summed E-state index contributed by atoms with van der Waals surface area (Å²) in [6.07, 6.45) is 0.582. The Morgan fingerprint density at radius 2 is 2.22 bits per heavy atom. The molecule has 3 aromatic rings. The molecule has 0 aliphatic carbocycles. The molecule has 3 rings (SSSR count). The van der Waals surface area contributed by atoms with Crippen molar-refractivity contribution >= 4 is 28.7 Å². The van der Waals surface area contributed by atoms with Crippen molar-refractivity contribution in [3.63, 3.8) is 0 Å². The SMILES string of the molecule is Cc1nc2ncc(C(=O)NC[C@@H](O)c3ccccc3Cl)cc2[nH]1. The van der Waals surface area contributed by atoms with Crippen LogP contribution < -0.4 is 5.32 Å². The van der Waals surface area contributed by atoms with Crippen LogP contribution in [0.2, 0.25) is 5.02 Å². The van der Waals surface area contributed by atoms with Crippen molar-refractivity contribution in [1.29, 1.82) is 0 Å². The molecule has 0 fully saturated rings. The number of carbonyl (C=O) groups excluding carboxylic acids is 1. The summed E-state index contributed by atoms with van der Waals surface area (Å²) >= 11 is 6.03. The van der Waals surface area contributed by atoms with E-state index in [4.69, 9.17) is 11.6 Å². The zero-order valence-electron chi connectivity index (χ0n) is 12.4. The van der Waals surface area contributed by atoms with Gasteiger partial charge in [0.05, 0.1) is 17.2 Å². The molecule has 7 heteroatoms. The lowest BCUT2D eigenvalue weighted by Crippen LogP contribution is -2.28. The van der Waals surface area contributed by atoms with Gasteiger partial charge in [0.25, 0.3) is 5.91 Å². The van der Waals surface area contributed by atoms with Gasteiger partial charge in [-0.3, -0.25) is 4.79 Å². The number of H-pyrrole nitrogens is 1. The number of aryl methyl sites for hydroxylation is 1. The molecule has 0 radical (unpaired) electrons. The first-order chi connectivity index (χ1) is 11.0. The number of pyridine rings is 1. The molecular weight excluding hydrogens is 316 g/mol. The van der Waals surface area contributed by atoms with E-state index in [1.165, 1.54) is 6.20 Å². The maximum absolute atomic E-state index is 12.2. The summed E-state index contributed by atoms with van der Waals surface area (Å²) in [7, 11) is 0. The summed E-state index contributed by atoms with van der Waals surface area (Å²) in [6, 6.07) is 8.66. The van der Waals surface area contributed by atoms with Crippen LogP contribution in [0.5, 0.6) is 0 Å². The Labute approximate surface area is 137 Å². The molecule has 0 saturated carbocycles. The van der Waals surface area contributed by atoms with Gasteiger partial charge in [0.15, 0.2) is 5.65 Å². The van der Waals surface area contributed by atoms with Gasteiger partial charge in [0.1, 0.15) is 5.82 Å². The number of aliphatic hydroxyl groups excluding tert-OH is 1. The number of halogens is 1. The molecule has 3 N–H and O–H groups in total. The van der Waals surface area contributed by atoms with Crippen LogP contribution in [0.3, 0.4) is 0 Å². The van der Waals surface area contributed by atoms with E-state index >= 15 is 0 Å². The Morgan fingerprint density at radius 1 is 1.43 bits per heavy atom. The number of nitrogens with one attached hydrogen (secondary N) is 2. The van der Waals surface area contributed by atoms with Crippen LogP contribution in [-0.4, -0.2) is 32.5 Å². The molecule has 1 atom stereocenters. The highest BCUT2D eigenvalue weighted by Gasteiger charge is 2.14. The molecule has 0 aliphatic heterocycles. The van der Waals surface area contributed by atoms with Gasteiger partial charge in [0.2, 0.25) is 0 Å². The van der Waals surface area contributed by atoms with E-state index in [0.29, 0.717) is 27.3 Å². The minimum atomic E-state index is -0.876. The molecule has 1 aromatic carbocycles. The zero-order chi connectivity index (χ0) is 16.4. The first kappa shape index (κ1) is 15.5. The van der Waals surface area contributed by atoms with Gasteiger partial charge >= 0.3 is 0 Å². The molecule has 23 heavy (non-hydrogen) atoms. The highest BCUT2D eigenvalue weighted by molar-refractivity contribution is 6.31. The standard InChI is InChI=1S/C16H15ClN4O2/c1-9-20-13-6-10(7-18-15(13)21-9)16(23)19-8-14(22)11-4-2-3-5-12(11)17/h2-7,14,22H,8H2,1H3,(H,19,23)(H,18,20,21)/t14-/m1/s1. The minimum absolute atomic E-state index is 0.0581. The van der Waals surface area contributed by atoms with Gasteiger partial charge in [-0.1, -0.05) is 29.8 Å². The normalized spacial score (nSPS) is 12.3. The highest BCUT2D eigenvalue weighted by atomic mass is 35.5. The minimum Gasteiger partial charge on any atom is -0.387 e. The monoisotopic (exact) mass is 330 g/mol. The molecule has 2 heterocycles. The van der Waals surface area contributed by atoms with E-state index in [1.807, 2.05) is 6.92 Å². The molecule has 0 aliphatic rings. The number of imidazole rings is 1. The van der Waals surface area contributed by atoms with Gasteiger partial charge in [0, 0.05) is 23.3 Å². The average Bonchev–Trinajstić information content (AvgIpc) is 2.91. The maximum Gasteiger partial charge on any atom is 0.253 e.